The zero-order chi connectivity index (χ0) is 17.4. The molecule has 6 heteroatoms. The van der Waals surface area contributed by atoms with Gasteiger partial charge in [-0.25, -0.2) is 0 Å². The minimum Gasteiger partial charge on any atom is -0.483 e. The number of nitrogens with one attached hydrogen (secondary N) is 1. The molecule has 1 heterocycles. The van der Waals surface area contributed by atoms with Gasteiger partial charge >= 0.3 is 0 Å². The summed E-state index contributed by atoms with van der Waals surface area (Å²) in [7, 11) is 0. The zero-order valence-corrected chi connectivity index (χ0v) is 13.8. The van der Waals surface area contributed by atoms with Crippen molar-refractivity contribution in [3.05, 3.63) is 64.1 Å². The predicted octanol–water partition coefficient (Wildman–Crippen LogP) is 1.20. The van der Waals surface area contributed by atoms with E-state index in [4.69, 9.17) is 10.5 Å². The molecule has 0 atom stereocenters. The van der Waals surface area contributed by atoms with E-state index >= 15 is 0 Å². The first-order chi connectivity index (χ1) is 11.6. The number of carbonyl (C=O) groups is 1. The van der Waals surface area contributed by atoms with Crippen LogP contribution in [0.25, 0.3) is 0 Å². The number of ether oxygens (including phenoxy) is 1. The highest BCUT2D eigenvalue weighted by Crippen LogP contribution is 2.14. The van der Waals surface area contributed by atoms with Gasteiger partial charge in [0.2, 0.25) is 11.3 Å². The maximum Gasteiger partial charge on any atom is 0.223 e. The number of aryl methyl sites for hydroxylation is 1. The van der Waals surface area contributed by atoms with Crippen LogP contribution in [0.1, 0.15) is 17.7 Å². The van der Waals surface area contributed by atoms with Gasteiger partial charge in [-0.2, -0.15) is 0 Å². The van der Waals surface area contributed by atoms with Crippen LogP contribution in [-0.4, -0.2) is 23.6 Å². The molecule has 24 heavy (non-hydrogen) atoms. The standard InChI is InChI=1S/C18H23N3O3/c1-14-18(24-13-15-5-3-2-4-6-15)16(22)7-11-21(14)12-8-17(23)20-10-9-19/h2-7,11H,8-10,12-13,19H2,1H3,(H,20,23). The number of rotatable bonds is 8. The van der Waals surface area contributed by atoms with Crippen molar-refractivity contribution in [2.75, 3.05) is 13.1 Å². The molecular weight excluding hydrogens is 306 g/mol. The molecule has 2 rings (SSSR count). The van der Waals surface area contributed by atoms with Gasteiger partial charge in [0.25, 0.3) is 0 Å². The Morgan fingerprint density at radius 3 is 2.71 bits per heavy atom. The third kappa shape index (κ3) is 4.96. The molecule has 128 valence electrons. The number of benzene rings is 1. The Hall–Kier alpha value is -2.60. The molecule has 0 saturated carbocycles. The van der Waals surface area contributed by atoms with E-state index in [9.17, 15) is 9.59 Å². The monoisotopic (exact) mass is 329 g/mol. The second kappa shape index (κ2) is 8.88. The fourth-order valence-electron chi connectivity index (χ4n) is 2.32. The molecule has 0 bridgehead atoms. The number of aromatic nitrogens is 1. The normalized spacial score (nSPS) is 10.4. The first-order valence-corrected chi connectivity index (χ1v) is 7.95. The molecule has 0 unspecified atom stereocenters. The number of nitrogens with two attached hydrogens (primary N) is 1. The van der Waals surface area contributed by atoms with Crippen LogP contribution in [0.3, 0.4) is 0 Å². The maximum atomic E-state index is 12.1. The Balaban J connectivity index is 2.04. The van der Waals surface area contributed by atoms with Gasteiger partial charge in [0, 0.05) is 38.3 Å². The van der Waals surface area contributed by atoms with Crippen molar-refractivity contribution < 1.29 is 9.53 Å². The summed E-state index contributed by atoms with van der Waals surface area (Å²) in [5.41, 5.74) is 6.90. The second-order valence-electron chi connectivity index (χ2n) is 5.45. The molecule has 1 aromatic carbocycles. The predicted molar refractivity (Wildman–Crippen MR) is 92.9 cm³/mol. The molecule has 1 amide bonds. The van der Waals surface area contributed by atoms with Crippen LogP contribution in [0.15, 0.2) is 47.4 Å². The highest BCUT2D eigenvalue weighted by Gasteiger charge is 2.10. The number of carbonyl (C=O) groups excluding carboxylic acids is 1. The molecule has 0 radical (unpaired) electrons. The van der Waals surface area contributed by atoms with E-state index in [1.807, 2.05) is 41.8 Å². The number of pyridine rings is 1. The maximum absolute atomic E-state index is 12.1. The zero-order valence-electron chi connectivity index (χ0n) is 13.8. The van der Waals surface area contributed by atoms with Crippen LogP contribution in [0.2, 0.25) is 0 Å². The Bertz CT molecular complexity index is 726. The van der Waals surface area contributed by atoms with Crippen molar-refractivity contribution in [2.45, 2.75) is 26.5 Å². The van der Waals surface area contributed by atoms with Crippen molar-refractivity contribution in [3.63, 3.8) is 0 Å². The summed E-state index contributed by atoms with van der Waals surface area (Å²) in [5, 5.41) is 2.72. The molecular formula is C18H23N3O3. The molecule has 0 spiro atoms. The van der Waals surface area contributed by atoms with Crippen LogP contribution >= 0.6 is 0 Å². The summed E-state index contributed by atoms with van der Waals surface area (Å²) in [6.45, 7) is 3.51. The van der Waals surface area contributed by atoms with Gasteiger partial charge in [-0.05, 0) is 12.5 Å². The van der Waals surface area contributed by atoms with Gasteiger partial charge in [0.1, 0.15) is 6.61 Å². The van der Waals surface area contributed by atoms with E-state index in [-0.39, 0.29) is 11.3 Å². The molecule has 0 aliphatic carbocycles. The molecule has 6 nitrogen and oxygen atoms in total. The molecule has 0 aliphatic rings. The second-order valence-corrected chi connectivity index (χ2v) is 5.45. The highest BCUT2D eigenvalue weighted by atomic mass is 16.5. The van der Waals surface area contributed by atoms with Gasteiger partial charge in [-0.15, -0.1) is 0 Å². The number of hydrogen-bond donors (Lipinski definition) is 2. The fraction of sp³-hybridized carbons (Fsp3) is 0.333. The Morgan fingerprint density at radius 1 is 1.25 bits per heavy atom. The van der Waals surface area contributed by atoms with Gasteiger partial charge in [0.15, 0.2) is 5.75 Å². The smallest absolute Gasteiger partial charge is 0.223 e. The lowest BCUT2D eigenvalue weighted by Gasteiger charge is -2.15. The lowest BCUT2D eigenvalue weighted by atomic mass is 10.2. The van der Waals surface area contributed by atoms with Crippen molar-refractivity contribution in [1.82, 2.24) is 9.88 Å². The van der Waals surface area contributed by atoms with Crippen LogP contribution in [-0.2, 0) is 17.9 Å². The first kappa shape index (κ1) is 17.7. The largest absolute Gasteiger partial charge is 0.483 e. The van der Waals surface area contributed by atoms with E-state index in [1.165, 1.54) is 6.07 Å². The van der Waals surface area contributed by atoms with Crippen LogP contribution in [0.4, 0.5) is 0 Å². The van der Waals surface area contributed by atoms with Crippen molar-refractivity contribution in [1.29, 1.82) is 0 Å². The quantitative estimate of drug-likeness (QED) is 0.762. The first-order valence-electron chi connectivity index (χ1n) is 7.95. The van der Waals surface area contributed by atoms with E-state index in [0.717, 1.165) is 5.56 Å². The molecule has 0 aliphatic heterocycles. The fourth-order valence-corrected chi connectivity index (χ4v) is 2.32. The topological polar surface area (TPSA) is 86.3 Å². The molecule has 2 aromatic rings. The summed E-state index contributed by atoms with van der Waals surface area (Å²) in [6, 6.07) is 11.1. The average molecular weight is 329 g/mol. The lowest BCUT2D eigenvalue weighted by Crippen LogP contribution is -2.29. The van der Waals surface area contributed by atoms with Crippen molar-refractivity contribution in [3.8, 4) is 5.75 Å². The summed E-state index contributed by atoms with van der Waals surface area (Å²) in [6.07, 6.45) is 2.01. The summed E-state index contributed by atoms with van der Waals surface area (Å²) >= 11 is 0. The van der Waals surface area contributed by atoms with Crippen LogP contribution in [0, 0.1) is 6.92 Å². The number of hydrogen-bond acceptors (Lipinski definition) is 4. The van der Waals surface area contributed by atoms with Gasteiger partial charge in [0.05, 0.1) is 5.69 Å². The molecule has 3 N–H and O–H groups in total. The molecule has 0 saturated heterocycles. The number of amides is 1. The Labute approximate surface area is 141 Å². The highest BCUT2D eigenvalue weighted by molar-refractivity contribution is 5.75. The van der Waals surface area contributed by atoms with Crippen LogP contribution < -0.4 is 21.2 Å². The van der Waals surface area contributed by atoms with Crippen LogP contribution in [0.5, 0.6) is 5.75 Å². The van der Waals surface area contributed by atoms with E-state index in [2.05, 4.69) is 5.32 Å². The third-order valence-corrected chi connectivity index (χ3v) is 3.66. The SMILES string of the molecule is Cc1c(OCc2ccccc2)c(=O)ccn1CCC(=O)NCCN. The Morgan fingerprint density at radius 2 is 2.00 bits per heavy atom. The lowest BCUT2D eigenvalue weighted by molar-refractivity contribution is -0.121. The van der Waals surface area contributed by atoms with Crippen molar-refractivity contribution >= 4 is 5.91 Å². The molecule has 1 aromatic heterocycles. The van der Waals surface area contributed by atoms with Gasteiger partial charge < -0.3 is 20.4 Å². The number of nitrogens with zero attached hydrogens (tertiary/aromatic N) is 1. The van der Waals surface area contributed by atoms with Gasteiger partial charge in [-0.1, -0.05) is 30.3 Å². The minimum atomic E-state index is -0.160. The summed E-state index contributed by atoms with van der Waals surface area (Å²) < 4.78 is 7.57. The van der Waals surface area contributed by atoms with E-state index < -0.39 is 0 Å². The average Bonchev–Trinajstić information content (AvgIpc) is 2.60. The Kier molecular flexibility index (Phi) is 6.57. The van der Waals surface area contributed by atoms with E-state index in [1.54, 1.807) is 6.20 Å². The molecule has 0 fully saturated rings. The minimum absolute atomic E-state index is 0.0645. The third-order valence-electron chi connectivity index (χ3n) is 3.66. The van der Waals surface area contributed by atoms with Crippen molar-refractivity contribution in [2.24, 2.45) is 5.73 Å². The van der Waals surface area contributed by atoms with E-state index in [0.29, 0.717) is 44.1 Å². The summed E-state index contributed by atoms with van der Waals surface area (Å²) in [5.74, 6) is 0.258. The van der Waals surface area contributed by atoms with Gasteiger partial charge in [-0.3, -0.25) is 9.59 Å². The summed E-state index contributed by atoms with van der Waals surface area (Å²) in [4.78, 5) is 23.7.